The van der Waals surface area contributed by atoms with Crippen molar-refractivity contribution in [2.45, 2.75) is 32.1 Å². The lowest BCUT2D eigenvalue weighted by Gasteiger charge is -2.09. The Bertz CT molecular complexity index is 657. The van der Waals surface area contributed by atoms with Gasteiger partial charge in [0.15, 0.2) is 0 Å². The van der Waals surface area contributed by atoms with E-state index in [0.29, 0.717) is 39.6 Å². The first-order chi connectivity index (χ1) is 15.2. The maximum Gasteiger partial charge on any atom is 0.330 e. The van der Waals surface area contributed by atoms with Crippen LogP contribution in [0.3, 0.4) is 0 Å². The summed E-state index contributed by atoms with van der Waals surface area (Å²) in [6.07, 6.45) is 7.35. The van der Waals surface area contributed by atoms with Crippen molar-refractivity contribution < 1.29 is 33.3 Å². The lowest BCUT2D eigenvalue weighted by atomic mass is 10.1. The van der Waals surface area contributed by atoms with Gasteiger partial charge >= 0.3 is 11.9 Å². The number of unbranched alkanes of at least 4 members (excludes halogenated alkanes) is 3. The third-order valence-electron chi connectivity index (χ3n) is 4.18. The summed E-state index contributed by atoms with van der Waals surface area (Å²) in [5.41, 5.74) is 1.24. The van der Waals surface area contributed by atoms with Crippen LogP contribution >= 0.6 is 0 Å². The molecule has 1 rings (SSSR count). The molecule has 0 aliphatic rings. The smallest absolute Gasteiger partial charge is 0.330 e. The number of carbonyl (C=O) groups excluding carboxylic acids is 2. The van der Waals surface area contributed by atoms with Gasteiger partial charge < -0.3 is 23.7 Å². The number of esters is 2. The fourth-order valence-electron chi connectivity index (χ4n) is 2.61. The lowest BCUT2D eigenvalue weighted by Crippen LogP contribution is -2.13. The fourth-order valence-corrected chi connectivity index (χ4v) is 2.61. The molecule has 0 radical (unpaired) electrons. The standard InChI is InChI=1S/C24H34O7/c1-3-23(25)30-13-8-6-5-7-10-21-11-9-12-22(20-21)29-18-16-27-14-15-28-17-19-31-24(26)4-2/h3-4,9,11-12,20H,1-2,5-8,10,13-19H2. The van der Waals surface area contributed by atoms with Crippen molar-refractivity contribution in [1.29, 1.82) is 0 Å². The predicted molar refractivity (Wildman–Crippen MR) is 118 cm³/mol. The SMILES string of the molecule is C=CC(=O)OCCCCCCc1cccc(OCCOCCOCCOC(=O)C=C)c1. The second-order valence-corrected chi connectivity index (χ2v) is 6.63. The summed E-state index contributed by atoms with van der Waals surface area (Å²) in [4.78, 5) is 21.8. The Kier molecular flexibility index (Phi) is 15.5. The maximum atomic E-state index is 10.9. The lowest BCUT2D eigenvalue weighted by molar-refractivity contribution is -0.139. The van der Waals surface area contributed by atoms with Crippen LogP contribution in [-0.2, 0) is 35.0 Å². The molecule has 0 saturated carbocycles. The Morgan fingerprint density at radius 3 is 2.06 bits per heavy atom. The monoisotopic (exact) mass is 434 g/mol. The third kappa shape index (κ3) is 14.9. The van der Waals surface area contributed by atoms with Crippen LogP contribution in [0.1, 0.15) is 31.2 Å². The topological polar surface area (TPSA) is 80.3 Å². The molecule has 0 unspecified atom stereocenters. The highest BCUT2D eigenvalue weighted by Gasteiger charge is 2.00. The second-order valence-electron chi connectivity index (χ2n) is 6.63. The van der Waals surface area contributed by atoms with Crippen LogP contribution in [0.25, 0.3) is 0 Å². The molecular formula is C24H34O7. The van der Waals surface area contributed by atoms with E-state index < -0.39 is 5.97 Å². The summed E-state index contributed by atoms with van der Waals surface area (Å²) in [6, 6.07) is 8.08. The summed E-state index contributed by atoms with van der Waals surface area (Å²) in [5.74, 6) is 0.0156. The minimum absolute atomic E-state index is 0.204. The number of hydrogen-bond acceptors (Lipinski definition) is 7. The zero-order valence-electron chi connectivity index (χ0n) is 18.2. The Morgan fingerprint density at radius 2 is 1.35 bits per heavy atom. The molecule has 0 aliphatic carbocycles. The van der Waals surface area contributed by atoms with Crippen molar-refractivity contribution in [2.24, 2.45) is 0 Å². The zero-order chi connectivity index (χ0) is 22.6. The van der Waals surface area contributed by atoms with Gasteiger partial charge in [0.05, 0.1) is 33.0 Å². The van der Waals surface area contributed by atoms with E-state index in [0.717, 1.165) is 43.9 Å². The molecule has 0 spiro atoms. The van der Waals surface area contributed by atoms with Crippen molar-refractivity contribution in [3.05, 3.63) is 55.1 Å². The van der Waals surface area contributed by atoms with Crippen molar-refractivity contribution in [2.75, 3.05) is 46.2 Å². The highest BCUT2D eigenvalue weighted by Crippen LogP contribution is 2.16. The Hall–Kier alpha value is -2.64. The van der Waals surface area contributed by atoms with Gasteiger partial charge in [0.25, 0.3) is 0 Å². The first-order valence-electron chi connectivity index (χ1n) is 10.6. The van der Waals surface area contributed by atoms with Gasteiger partial charge in [-0.1, -0.05) is 38.1 Å². The molecular weight excluding hydrogens is 400 g/mol. The van der Waals surface area contributed by atoms with E-state index in [-0.39, 0.29) is 12.6 Å². The van der Waals surface area contributed by atoms with E-state index in [1.165, 1.54) is 11.6 Å². The van der Waals surface area contributed by atoms with Gasteiger partial charge in [-0.25, -0.2) is 9.59 Å². The van der Waals surface area contributed by atoms with Crippen molar-refractivity contribution >= 4 is 11.9 Å². The Labute approximate surface area is 185 Å². The van der Waals surface area contributed by atoms with Crippen molar-refractivity contribution in [1.82, 2.24) is 0 Å². The van der Waals surface area contributed by atoms with E-state index in [1.54, 1.807) is 0 Å². The predicted octanol–water partition coefficient (Wildman–Crippen LogP) is 3.66. The number of rotatable bonds is 19. The molecule has 1 aromatic carbocycles. The molecule has 0 aromatic heterocycles. The number of ether oxygens (including phenoxy) is 5. The summed E-state index contributed by atoms with van der Waals surface area (Å²) >= 11 is 0. The van der Waals surface area contributed by atoms with Gasteiger partial charge in [0.1, 0.15) is 19.0 Å². The largest absolute Gasteiger partial charge is 0.491 e. The summed E-state index contributed by atoms with van der Waals surface area (Å²) in [6.45, 7) is 9.48. The Morgan fingerprint density at radius 1 is 0.742 bits per heavy atom. The molecule has 0 aliphatic heterocycles. The molecule has 0 saturated heterocycles. The molecule has 7 heteroatoms. The van der Waals surface area contributed by atoms with Crippen molar-refractivity contribution in [3.63, 3.8) is 0 Å². The van der Waals surface area contributed by atoms with Crippen molar-refractivity contribution in [3.8, 4) is 5.75 Å². The zero-order valence-corrected chi connectivity index (χ0v) is 18.2. The molecule has 0 fully saturated rings. The van der Waals surface area contributed by atoms with Crippen LogP contribution < -0.4 is 4.74 Å². The highest BCUT2D eigenvalue weighted by atomic mass is 16.6. The number of hydrogen-bond donors (Lipinski definition) is 0. The average molecular weight is 435 g/mol. The fraction of sp³-hybridized carbons (Fsp3) is 0.500. The molecule has 0 amide bonds. The molecule has 0 bridgehead atoms. The summed E-state index contributed by atoms with van der Waals surface area (Å²) in [7, 11) is 0. The number of carbonyl (C=O) groups is 2. The molecule has 31 heavy (non-hydrogen) atoms. The number of benzene rings is 1. The minimum Gasteiger partial charge on any atom is -0.491 e. The highest BCUT2D eigenvalue weighted by molar-refractivity contribution is 5.81. The van der Waals surface area contributed by atoms with Crippen LogP contribution in [0.4, 0.5) is 0 Å². The minimum atomic E-state index is -0.454. The van der Waals surface area contributed by atoms with Gasteiger partial charge in [-0.3, -0.25) is 0 Å². The molecule has 172 valence electrons. The average Bonchev–Trinajstić information content (AvgIpc) is 2.79. The third-order valence-corrected chi connectivity index (χ3v) is 4.18. The Balaban J connectivity index is 2.01. The van der Waals surface area contributed by atoms with Crippen LogP contribution in [0.2, 0.25) is 0 Å². The van der Waals surface area contributed by atoms with Crippen LogP contribution in [0, 0.1) is 0 Å². The second kappa shape index (κ2) is 18.2. The quantitative estimate of drug-likeness (QED) is 0.187. The van der Waals surface area contributed by atoms with Crippen LogP contribution in [0.5, 0.6) is 5.75 Å². The van der Waals surface area contributed by atoms with Gasteiger partial charge in [-0.15, -0.1) is 0 Å². The van der Waals surface area contributed by atoms with Gasteiger partial charge in [-0.2, -0.15) is 0 Å². The van der Waals surface area contributed by atoms with E-state index in [1.807, 2.05) is 12.1 Å². The van der Waals surface area contributed by atoms with E-state index in [9.17, 15) is 9.59 Å². The first-order valence-corrected chi connectivity index (χ1v) is 10.6. The maximum absolute atomic E-state index is 10.9. The van der Waals surface area contributed by atoms with Gasteiger partial charge in [-0.05, 0) is 37.0 Å². The molecule has 0 atom stereocenters. The molecule has 0 heterocycles. The first kappa shape index (κ1) is 26.4. The van der Waals surface area contributed by atoms with E-state index in [2.05, 4.69) is 25.3 Å². The van der Waals surface area contributed by atoms with Crippen LogP contribution in [0.15, 0.2) is 49.6 Å². The normalized spacial score (nSPS) is 10.3. The molecule has 7 nitrogen and oxygen atoms in total. The van der Waals surface area contributed by atoms with E-state index in [4.69, 9.17) is 23.7 Å². The molecule has 0 N–H and O–H groups in total. The van der Waals surface area contributed by atoms with Crippen LogP contribution in [-0.4, -0.2) is 58.2 Å². The summed E-state index contributed by atoms with van der Waals surface area (Å²) < 4.78 is 26.2. The van der Waals surface area contributed by atoms with E-state index >= 15 is 0 Å². The number of aryl methyl sites for hydroxylation is 1. The van der Waals surface area contributed by atoms with Gasteiger partial charge in [0, 0.05) is 12.2 Å². The molecule has 1 aromatic rings. The van der Waals surface area contributed by atoms with Gasteiger partial charge in [0.2, 0.25) is 0 Å². The summed E-state index contributed by atoms with van der Waals surface area (Å²) in [5, 5.41) is 0.